The first kappa shape index (κ1) is 20.8. The van der Waals surface area contributed by atoms with Crippen LogP contribution in [0.2, 0.25) is 0 Å². The zero-order valence-electron chi connectivity index (χ0n) is 15.0. The van der Waals surface area contributed by atoms with E-state index in [4.69, 9.17) is 4.55 Å². The van der Waals surface area contributed by atoms with E-state index in [1.807, 2.05) is 0 Å². The van der Waals surface area contributed by atoms with Crippen LogP contribution >= 0.6 is 0 Å². The lowest BCUT2D eigenvalue weighted by atomic mass is 10.0. The van der Waals surface area contributed by atoms with Gasteiger partial charge < -0.3 is 10.0 Å². The molecule has 4 amide bonds. The topological polar surface area (TPSA) is 209 Å². The van der Waals surface area contributed by atoms with E-state index in [0.717, 1.165) is 9.58 Å². The predicted octanol–water partition coefficient (Wildman–Crippen LogP) is -3.12. The molecule has 16 nitrogen and oxygen atoms in total. The third kappa shape index (κ3) is 4.58. The number of hydroxylamine groups is 2. The number of tetrazole rings is 1. The minimum Gasteiger partial charge on any atom is -0.385 e. The quantitative estimate of drug-likeness (QED) is 0.260. The molecule has 4 N–H and O–H groups in total. The van der Waals surface area contributed by atoms with Crippen LogP contribution in [0.25, 0.3) is 0 Å². The highest BCUT2D eigenvalue weighted by atomic mass is 32.3. The third-order valence-corrected chi connectivity index (χ3v) is 4.70. The number of piperidine rings is 1. The second-order valence-corrected chi connectivity index (χ2v) is 7.42. The zero-order valence-corrected chi connectivity index (χ0v) is 15.8. The summed E-state index contributed by atoms with van der Waals surface area (Å²) in [5.74, 6) is -1.33. The molecule has 1 unspecified atom stereocenters. The van der Waals surface area contributed by atoms with Crippen LogP contribution in [-0.2, 0) is 30.8 Å². The number of amides is 4. The molecule has 2 fully saturated rings. The van der Waals surface area contributed by atoms with Gasteiger partial charge in [0.15, 0.2) is 5.82 Å². The number of fused-ring (bicyclic) bond motifs is 2. The van der Waals surface area contributed by atoms with Crippen molar-refractivity contribution in [3.63, 3.8) is 0 Å². The monoisotopic (exact) mass is 434 g/mol. The van der Waals surface area contributed by atoms with Gasteiger partial charge in [-0.25, -0.2) is 9.48 Å². The van der Waals surface area contributed by atoms with Gasteiger partial charge in [0.2, 0.25) is 0 Å². The Balaban J connectivity index is 1.56. The minimum absolute atomic E-state index is 0.0166. The number of nitrogens with zero attached hydrogens (tertiary/aromatic N) is 6. The van der Waals surface area contributed by atoms with E-state index in [2.05, 4.69) is 30.7 Å². The Hall–Kier alpha value is -2.89. The summed E-state index contributed by atoms with van der Waals surface area (Å²) in [6.07, 6.45) is -0.578. The fourth-order valence-electron chi connectivity index (χ4n) is 3.12. The van der Waals surface area contributed by atoms with Gasteiger partial charge in [-0.1, -0.05) is 0 Å². The number of nitrogens with one attached hydrogen (secondary N) is 2. The Kier molecular flexibility index (Phi) is 5.64. The number of rotatable bonds is 6. The first-order valence-electron chi connectivity index (χ1n) is 8.36. The van der Waals surface area contributed by atoms with Crippen molar-refractivity contribution in [2.45, 2.75) is 44.5 Å². The van der Waals surface area contributed by atoms with Crippen molar-refractivity contribution in [3.05, 3.63) is 5.82 Å². The summed E-state index contributed by atoms with van der Waals surface area (Å²) in [5.41, 5.74) is 4.33. The average Bonchev–Trinajstić information content (AvgIpc) is 3.18. The maximum absolute atomic E-state index is 12.4. The van der Waals surface area contributed by atoms with Crippen LogP contribution in [0, 0.1) is 0 Å². The molecule has 3 heterocycles. The Morgan fingerprint density at radius 1 is 1.34 bits per heavy atom. The summed E-state index contributed by atoms with van der Waals surface area (Å²) in [6, 6.07) is -2.51. The Labute approximate surface area is 163 Å². The normalized spacial score (nSPS) is 22.5. The summed E-state index contributed by atoms with van der Waals surface area (Å²) in [6.45, 7) is 1.06. The summed E-state index contributed by atoms with van der Waals surface area (Å²) in [4.78, 5) is 37.7. The SMILES string of the molecule is CC(O)c1nnnn1CC(=O)NNC(=O)[C@@H]1CC[C@@H]2CN1C(=O)N2OS(=O)(=O)O. The molecule has 0 saturated carbocycles. The van der Waals surface area contributed by atoms with Crippen molar-refractivity contribution in [1.29, 1.82) is 0 Å². The highest BCUT2D eigenvalue weighted by molar-refractivity contribution is 7.80. The molecular weight excluding hydrogens is 416 g/mol. The van der Waals surface area contributed by atoms with Gasteiger partial charge in [0.25, 0.3) is 11.8 Å². The molecule has 160 valence electrons. The van der Waals surface area contributed by atoms with Crippen LogP contribution in [0.1, 0.15) is 31.7 Å². The van der Waals surface area contributed by atoms with Crippen molar-refractivity contribution < 1.29 is 36.7 Å². The second-order valence-electron chi connectivity index (χ2n) is 6.42. The predicted molar refractivity (Wildman–Crippen MR) is 88.1 cm³/mol. The number of aromatic nitrogens is 4. The number of urea groups is 1. The Bertz CT molecular complexity index is 917. The molecule has 1 aromatic heterocycles. The fourth-order valence-corrected chi connectivity index (χ4v) is 3.51. The molecule has 2 aliphatic heterocycles. The lowest BCUT2D eigenvalue weighted by molar-refractivity contribution is -0.132. The molecule has 2 saturated heterocycles. The number of aliphatic hydroxyl groups is 1. The van der Waals surface area contributed by atoms with Gasteiger partial charge >= 0.3 is 16.4 Å². The molecule has 29 heavy (non-hydrogen) atoms. The molecular formula is C12H18N8O8S. The third-order valence-electron chi connectivity index (χ3n) is 4.35. The van der Waals surface area contributed by atoms with E-state index in [9.17, 15) is 27.9 Å². The maximum Gasteiger partial charge on any atom is 0.418 e. The first-order chi connectivity index (χ1) is 13.6. The van der Waals surface area contributed by atoms with Gasteiger partial charge in [-0.15, -0.1) is 9.38 Å². The Morgan fingerprint density at radius 3 is 2.72 bits per heavy atom. The highest BCUT2D eigenvalue weighted by Gasteiger charge is 2.49. The van der Waals surface area contributed by atoms with Crippen molar-refractivity contribution in [3.8, 4) is 0 Å². The van der Waals surface area contributed by atoms with E-state index in [0.29, 0.717) is 5.06 Å². The van der Waals surface area contributed by atoms with Crippen molar-refractivity contribution in [2.75, 3.05) is 6.54 Å². The van der Waals surface area contributed by atoms with Crippen LogP contribution in [-0.4, -0.2) is 84.7 Å². The molecule has 0 radical (unpaired) electrons. The molecule has 0 spiro atoms. The molecule has 17 heteroatoms. The number of hydrogen-bond donors (Lipinski definition) is 4. The molecule has 3 atom stereocenters. The zero-order chi connectivity index (χ0) is 21.3. The summed E-state index contributed by atoms with van der Waals surface area (Å²) in [7, 11) is -4.89. The van der Waals surface area contributed by atoms with Crippen LogP contribution in [0.15, 0.2) is 0 Å². The van der Waals surface area contributed by atoms with Gasteiger partial charge in [0, 0.05) is 6.54 Å². The highest BCUT2D eigenvalue weighted by Crippen LogP contribution is 2.30. The summed E-state index contributed by atoms with van der Waals surface area (Å²) < 4.78 is 35.8. The standard InChI is InChI=1S/C12H18N8O8S/c1-6(21)10-14-16-17-19(10)5-9(22)13-15-11(23)8-3-2-7-4-18(8)12(24)20(7)28-29(25,26)27/h6-8,21H,2-5H2,1H3,(H,13,22)(H,15,23)(H,25,26,27)/t6?,7-,8+/m1/s1. The van der Waals surface area contributed by atoms with Crippen molar-refractivity contribution >= 4 is 28.2 Å². The number of carbonyl (C=O) groups excluding carboxylic acids is 3. The van der Waals surface area contributed by atoms with Gasteiger partial charge in [-0.2, -0.15) is 13.5 Å². The molecule has 2 aliphatic rings. The molecule has 1 aromatic rings. The van der Waals surface area contributed by atoms with Gasteiger partial charge in [0.05, 0.1) is 6.04 Å². The van der Waals surface area contributed by atoms with Gasteiger partial charge in [-0.3, -0.25) is 25.0 Å². The largest absolute Gasteiger partial charge is 0.418 e. The number of aliphatic hydroxyl groups excluding tert-OH is 1. The molecule has 0 aliphatic carbocycles. The van der Waals surface area contributed by atoms with Gasteiger partial charge in [-0.05, 0) is 30.2 Å². The van der Waals surface area contributed by atoms with E-state index in [1.54, 1.807) is 0 Å². The maximum atomic E-state index is 12.4. The van der Waals surface area contributed by atoms with Gasteiger partial charge in [0.1, 0.15) is 18.7 Å². The lowest BCUT2D eigenvalue weighted by Crippen LogP contribution is -2.54. The number of hydrogen-bond acceptors (Lipinski definition) is 10. The minimum atomic E-state index is -4.89. The van der Waals surface area contributed by atoms with Crippen LogP contribution in [0.5, 0.6) is 0 Å². The average molecular weight is 434 g/mol. The number of hydrazine groups is 1. The van der Waals surface area contributed by atoms with E-state index < -0.39 is 46.4 Å². The van der Waals surface area contributed by atoms with Crippen molar-refractivity contribution in [2.24, 2.45) is 0 Å². The van der Waals surface area contributed by atoms with Crippen LogP contribution in [0.3, 0.4) is 0 Å². The summed E-state index contributed by atoms with van der Waals surface area (Å²) >= 11 is 0. The number of carbonyl (C=O) groups is 3. The van der Waals surface area contributed by atoms with E-state index in [1.165, 1.54) is 6.92 Å². The van der Waals surface area contributed by atoms with Crippen molar-refractivity contribution in [1.82, 2.24) is 41.0 Å². The molecule has 0 aromatic carbocycles. The van der Waals surface area contributed by atoms with E-state index in [-0.39, 0.29) is 31.8 Å². The fraction of sp³-hybridized carbons (Fsp3) is 0.667. The lowest BCUT2D eigenvalue weighted by Gasteiger charge is -2.29. The van der Waals surface area contributed by atoms with Crippen LogP contribution < -0.4 is 10.9 Å². The van der Waals surface area contributed by atoms with Crippen LogP contribution in [0.4, 0.5) is 4.79 Å². The molecule has 2 bridgehead atoms. The smallest absolute Gasteiger partial charge is 0.385 e. The van der Waals surface area contributed by atoms with E-state index >= 15 is 0 Å². The Morgan fingerprint density at radius 2 is 2.07 bits per heavy atom. The first-order valence-corrected chi connectivity index (χ1v) is 9.73. The second kappa shape index (κ2) is 7.85. The molecule has 3 rings (SSSR count). The summed E-state index contributed by atoms with van der Waals surface area (Å²) in [5, 5.41) is 20.5.